The van der Waals surface area contributed by atoms with Gasteiger partial charge in [0.25, 0.3) is 0 Å². The van der Waals surface area contributed by atoms with Gasteiger partial charge < -0.3 is 0 Å². The van der Waals surface area contributed by atoms with Crippen molar-refractivity contribution >= 4 is 22.4 Å². The highest BCUT2D eigenvalue weighted by molar-refractivity contribution is 6.34. The maximum absolute atomic E-state index is 8.96. The van der Waals surface area contributed by atoms with Gasteiger partial charge in [-0.3, -0.25) is 5.41 Å². The molecule has 1 atom stereocenters. The fourth-order valence-corrected chi connectivity index (χ4v) is 7.25. The highest BCUT2D eigenvalue weighted by Gasteiger charge is 2.40. The molecule has 0 radical (unpaired) electrons. The normalized spacial score (nSPS) is 21.7. The second-order valence-corrected chi connectivity index (χ2v) is 12.8. The van der Waals surface area contributed by atoms with Crippen molar-refractivity contribution in [2.24, 2.45) is 5.92 Å². The van der Waals surface area contributed by atoms with E-state index in [0.717, 1.165) is 28.7 Å². The minimum absolute atomic E-state index is 0.0421. The Hall–Kier alpha value is -3.97. The molecule has 1 unspecified atom stereocenters. The maximum Gasteiger partial charge on any atom is 0.0685 e. The Kier molecular flexibility index (Phi) is 4.96. The number of rotatable bonds is 2. The topological polar surface area (TPSA) is 23.9 Å². The maximum atomic E-state index is 8.96. The van der Waals surface area contributed by atoms with Gasteiger partial charge in [-0.2, -0.15) is 0 Å². The first-order valence-electron chi connectivity index (χ1n) is 14.1. The van der Waals surface area contributed by atoms with Crippen LogP contribution in [0.5, 0.6) is 0 Å². The lowest BCUT2D eigenvalue weighted by molar-refractivity contribution is 0.633. The van der Waals surface area contributed by atoms with Crippen LogP contribution >= 0.6 is 0 Å². The van der Waals surface area contributed by atoms with Gasteiger partial charge in [-0.15, -0.1) is 0 Å². The van der Waals surface area contributed by atoms with Crippen molar-refractivity contribution in [3.05, 3.63) is 136 Å². The monoisotopic (exact) mass is 505 g/mol. The first-order chi connectivity index (χ1) is 18.6. The van der Waals surface area contributed by atoms with Gasteiger partial charge in [0.1, 0.15) is 0 Å². The smallest absolute Gasteiger partial charge is 0.0685 e. The summed E-state index contributed by atoms with van der Waals surface area (Å²) in [6.45, 7) is 15.9. The van der Waals surface area contributed by atoms with E-state index >= 15 is 0 Å². The lowest BCUT2D eigenvalue weighted by atomic mass is 9.78. The van der Waals surface area contributed by atoms with Crippen molar-refractivity contribution in [3.63, 3.8) is 0 Å². The number of hydrogen-bond acceptors (Lipinski definition) is 1. The van der Waals surface area contributed by atoms with E-state index in [1.165, 1.54) is 50.1 Å². The summed E-state index contributed by atoms with van der Waals surface area (Å²) in [5, 5.41) is 8.96. The fraction of sp³-hybridized carbons (Fsp3) is 0.237. The number of allylic oxidation sites excluding steroid dienone is 9. The lowest BCUT2D eigenvalue weighted by Gasteiger charge is -2.26. The molecule has 3 aromatic carbocycles. The third-order valence-corrected chi connectivity index (χ3v) is 9.54. The number of benzene rings is 3. The van der Waals surface area contributed by atoms with Crippen LogP contribution in [0.4, 0.5) is 0 Å². The molecule has 4 aliphatic rings. The van der Waals surface area contributed by atoms with E-state index in [1.54, 1.807) is 0 Å². The van der Waals surface area contributed by atoms with E-state index in [-0.39, 0.29) is 10.8 Å². The lowest BCUT2D eigenvalue weighted by Crippen LogP contribution is -2.17. The Labute approximate surface area is 232 Å². The molecule has 1 heteroatoms. The highest BCUT2D eigenvalue weighted by atomic mass is 14.5. The summed E-state index contributed by atoms with van der Waals surface area (Å²) >= 11 is 0. The molecule has 0 fully saturated rings. The van der Waals surface area contributed by atoms with Crippen LogP contribution in [0.2, 0.25) is 0 Å². The fourth-order valence-electron chi connectivity index (χ4n) is 7.25. The van der Waals surface area contributed by atoms with Crippen LogP contribution in [0, 0.1) is 11.3 Å². The molecule has 0 aromatic heterocycles. The first-order valence-corrected chi connectivity index (χ1v) is 14.1. The largest absolute Gasteiger partial charge is 0.300 e. The molecule has 0 saturated heterocycles. The number of hydrogen-bond donors (Lipinski definition) is 1. The Bertz CT molecular complexity index is 1760. The third kappa shape index (κ3) is 3.35. The van der Waals surface area contributed by atoms with E-state index in [2.05, 4.69) is 126 Å². The average Bonchev–Trinajstić information content (AvgIpc) is 3.29. The Morgan fingerprint density at radius 3 is 2.23 bits per heavy atom. The van der Waals surface area contributed by atoms with E-state index in [1.807, 2.05) is 0 Å². The molecule has 0 heterocycles. The molecular weight excluding hydrogens is 470 g/mol. The van der Waals surface area contributed by atoms with Crippen molar-refractivity contribution in [3.8, 4) is 11.1 Å². The first kappa shape index (κ1) is 24.1. The van der Waals surface area contributed by atoms with Gasteiger partial charge in [0.2, 0.25) is 0 Å². The van der Waals surface area contributed by atoms with Crippen LogP contribution in [-0.4, -0.2) is 5.71 Å². The Balaban J connectivity index is 1.32. The predicted molar refractivity (Wildman–Crippen MR) is 166 cm³/mol. The summed E-state index contributed by atoms with van der Waals surface area (Å²) in [6.07, 6.45) is 10.3. The molecule has 0 amide bonds. The van der Waals surface area contributed by atoms with Crippen molar-refractivity contribution < 1.29 is 0 Å². The molecule has 0 aliphatic heterocycles. The summed E-state index contributed by atoms with van der Waals surface area (Å²) in [5.41, 5.74) is 16.5. The van der Waals surface area contributed by atoms with E-state index < -0.39 is 0 Å². The molecule has 0 saturated carbocycles. The molecule has 39 heavy (non-hydrogen) atoms. The van der Waals surface area contributed by atoms with Gasteiger partial charge in [0, 0.05) is 16.4 Å². The van der Waals surface area contributed by atoms with Crippen LogP contribution in [0.3, 0.4) is 0 Å². The quantitative estimate of drug-likeness (QED) is 0.358. The second-order valence-electron chi connectivity index (χ2n) is 12.8. The minimum atomic E-state index is -0.0450. The summed E-state index contributed by atoms with van der Waals surface area (Å²) in [4.78, 5) is 0. The second kappa shape index (κ2) is 8.02. The van der Waals surface area contributed by atoms with Crippen molar-refractivity contribution in [1.29, 1.82) is 5.41 Å². The molecule has 4 aliphatic carbocycles. The van der Waals surface area contributed by atoms with Crippen molar-refractivity contribution in [2.45, 2.75) is 51.9 Å². The molecule has 0 bridgehead atoms. The van der Waals surface area contributed by atoms with Gasteiger partial charge in [-0.05, 0) is 103 Å². The van der Waals surface area contributed by atoms with Crippen LogP contribution in [0.15, 0.2) is 103 Å². The van der Waals surface area contributed by atoms with Gasteiger partial charge in [-0.25, -0.2) is 0 Å². The number of nitrogens with one attached hydrogen (secondary N) is 1. The predicted octanol–water partition coefficient (Wildman–Crippen LogP) is 9.69. The van der Waals surface area contributed by atoms with E-state index in [4.69, 9.17) is 5.41 Å². The standard InChI is InChI=1S/C38H35N/c1-22-11-14-28-30-16-13-25(21-35(30)38(5,6)33(28)17-22)31-19-26(18-23(2)36(31)39)24-12-15-29-27-9-7-8-10-32(27)37(3,4)34(29)20-24/h7-10,12-22,39H,2,11H2,1,3-6H3. The van der Waals surface area contributed by atoms with Crippen LogP contribution in [0.25, 0.3) is 27.8 Å². The number of fused-ring (bicyclic) bond motifs is 6. The van der Waals surface area contributed by atoms with Crippen LogP contribution in [0.1, 0.15) is 74.4 Å². The SMILES string of the molecule is C=C1C=C(c2ccc3c(c2)C(C)(C)c2ccccc2-3)C=C(c2ccc3c(c2)C(C)(C)C2=CC(C)CC=C23)C1=N. The zero-order valence-corrected chi connectivity index (χ0v) is 23.6. The van der Waals surface area contributed by atoms with Crippen molar-refractivity contribution in [2.75, 3.05) is 0 Å². The summed E-state index contributed by atoms with van der Waals surface area (Å²) in [7, 11) is 0. The molecule has 1 nitrogen and oxygen atoms in total. The molecule has 0 spiro atoms. The minimum Gasteiger partial charge on any atom is -0.300 e. The van der Waals surface area contributed by atoms with Crippen LogP contribution < -0.4 is 0 Å². The average molecular weight is 506 g/mol. The van der Waals surface area contributed by atoms with Crippen LogP contribution in [-0.2, 0) is 10.8 Å². The van der Waals surface area contributed by atoms with Gasteiger partial charge >= 0.3 is 0 Å². The Morgan fingerprint density at radius 2 is 1.41 bits per heavy atom. The van der Waals surface area contributed by atoms with E-state index in [0.29, 0.717) is 11.6 Å². The summed E-state index contributed by atoms with van der Waals surface area (Å²) in [6, 6.07) is 22.4. The molecule has 192 valence electrons. The van der Waals surface area contributed by atoms with Gasteiger partial charge in [0.15, 0.2) is 0 Å². The Morgan fingerprint density at radius 1 is 0.744 bits per heavy atom. The highest BCUT2D eigenvalue weighted by Crippen LogP contribution is 2.53. The van der Waals surface area contributed by atoms with Gasteiger partial charge in [-0.1, -0.05) is 102 Å². The summed E-state index contributed by atoms with van der Waals surface area (Å²) in [5.74, 6) is 0.576. The zero-order chi connectivity index (χ0) is 27.3. The zero-order valence-electron chi connectivity index (χ0n) is 23.6. The van der Waals surface area contributed by atoms with E-state index in [9.17, 15) is 0 Å². The van der Waals surface area contributed by atoms with Gasteiger partial charge in [0.05, 0.1) is 5.71 Å². The summed E-state index contributed by atoms with van der Waals surface area (Å²) < 4.78 is 0. The molecule has 3 aromatic rings. The molecule has 7 rings (SSSR count). The molecular formula is C38H35N. The van der Waals surface area contributed by atoms with Crippen molar-refractivity contribution in [1.82, 2.24) is 0 Å². The third-order valence-electron chi connectivity index (χ3n) is 9.54. The molecule has 1 N–H and O–H groups in total.